The Hall–Kier alpha value is -3.52. The summed E-state index contributed by atoms with van der Waals surface area (Å²) in [5.41, 5.74) is 2.66. The molecule has 156 valence electrons. The normalized spacial score (nSPS) is 10.8. The molecule has 0 radical (unpaired) electrons. The number of amides is 1. The summed E-state index contributed by atoms with van der Waals surface area (Å²) in [5.74, 6) is 0.305. The van der Waals surface area contributed by atoms with Crippen molar-refractivity contribution >= 4 is 23.4 Å². The van der Waals surface area contributed by atoms with Gasteiger partial charge >= 0.3 is 0 Å². The average Bonchev–Trinajstić information content (AvgIpc) is 3.13. The molecule has 4 rings (SSSR count). The number of thioether (sulfide) groups is 1. The van der Waals surface area contributed by atoms with Gasteiger partial charge in [0.05, 0.1) is 0 Å². The van der Waals surface area contributed by atoms with Gasteiger partial charge in [0.15, 0.2) is 5.16 Å². The summed E-state index contributed by atoms with van der Waals surface area (Å²) in [6.45, 7) is 1.84. The van der Waals surface area contributed by atoms with Crippen molar-refractivity contribution in [2.45, 2.75) is 17.8 Å². The Morgan fingerprint density at radius 2 is 1.71 bits per heavy atom. The van der Waals surface area contributed by atoms with Crippen molar-refractivity contribution in [3.63, 3.8) is 0 Å². The van der Waals surface area contributed by atoms with Crippen LogP contribution in [0.25, 0.3) is 5.69 Å². The minimum absolute atomic E-state index is 0.301. The number of hydrogen-bond donors (Lipinski definition) is 1. The van der Waals surface area contributed by atoms with Crippen molar-refractivity contribution in [1.82, 2.24) is 14.8 Å². The largest absolute Gasteiger partial charge is 0.322 e. The van der Waals surface area contributed by atoms with E-state index in [2.05, 4.69) is 15.5 Å². The predicted octanol–water partition coefficient (Wildman–Crippen LogP) is 5.40. The van der Waals surface area contributed by atoms with Gasteiger partial charge in [-0.1, -0.05) is 30.0 Å². The maximum atomic E-state index is 13.3. The molecule has 0 spiro atoms. The number of halogens is 2. The SMILES string of the molecule is Cc1nnc(SCc2ccc(C(=O)Nc3cccc(F)c3)cc2)n1-c1ccc(F)cc1. The first-order chi connectivity index (χ1) is 15.0. The van der Waals surface area contributed by atoms with Gasteiger partial charge in [-0.3, -0.25) is 9.36 Å². The van der Waals surface area contributed by atoms with Crippen LogP contribution in [-0.4, -0.2) is 20.7 Å². The summed E-state index contributed by atoms with van der Waals surface area (Å²) in [7, 11) is 0. The summed E-state index contributed by atoms with van der Waals surface area (Å²) in [6.07, 6.45) is 0. The number of nitrogens with one attached hydrogen (secondary N) is 1. The molecule has 3 aromatic carbocycles. The number of carbonyl (C=O) groups is 1. The first kappa shape index (κ1) is 20.7. The highest BCUT2D eigenvalue weighted by Gasteiger charge is 2.12. The smallest absolute Gasteiger partial charge is 0.255 e. The van der Waals surface area contributed by atoms with E-state index in [0.29, 0.717) is 28.0 Å². The van der Waals surface area contributed by atoms with Crippen LogP contribution in [0.1, 0.15) is 21.7 Å². The van der Waals surface area contributed by atoms with Gasteiger partial charge in [0.2, 0.25) is 0 Å². The van der Waals surface area contributed by atoms with Gasteiger partial charge in [0.25, 0.3) is 5.91 Å². The van der Waals surface area contributed by atoms with Crippen LogP contribution < -0.4 is 5.32 Å². The molecule has 0 saturated carbocycles. The molecule has 5 nitrogen and oxygen atoms in total. The van der Waals surface area contributed by atoms with Gasteiger partial charge < -0.3 is 5.32 Å². The molecule has 0 aliphatic heterocycles. The Labute approximate surface area is 182 Å². The van der Waals surface area contributed by atoms with E-state index in [9.17, 15) is 13.6 Å². The van der Waals surface area contributed by atoms with E-state index < -0.39 is 5.82 Å². The van der Waals surface area contributed by atoms with Gasteiger partial charge in [0.1, 0.15) is 17.5 Å². The molecule has 8 heteroatoms. The molecule has 1 amide bonds. The molecule has 4 aromatic rings. The van der Waals surface area contributed by atoms with Crippen molar-refractivity contribution in [2.24, 2.45) is 0 Å². The van der Waals surface area contributed by atoms with Crippen LogP contribution in [-0.2, 0) is 5.75 Å². The van der Waals surface area contributed by atoms with Gasteiger partial charge in [-0.25, -0.2) is 8.78 Å². The van der Waals surface area contributed by atoms with E-state index in [-0.39, 0.29) is 11.7 Å². The van der Waals surface area contributed by atoms with Crippen molar-refractivity contribution < 1.29 is 13.6 Å². The Bertz CT molecular complexity index is 1210. The molecule has 31 heavy (non-hydrogen) atoms. The van der Waals surface area contributed by atoms with Gasteiger partial charge in [-0.2, -0.15) is 0 Å². The molecular formula is C23H18F2N4OS. The van der Waals surface area contributed by atoms with Crippen LogP contribution in [0, 0.1) is 18.6 Å². The van der Waals surface area contributed by atoms with Gasteiger partial charge in [-0.15, -0.1) is 10.2 Å². The average molecular weight is 436 g/mol. The monoisotopic (exact) mass is 436 g/mol. The molecule has 1 aromatic heterocycles. The lowest BCUT2D eigenvalue weighted by Crippen LogP contribution is -2.11. The highest BCUT2D eigenvalue weighted by molar-refractivity contribution is 7.98. The highest BCUT2D eigenvalue weighted by Crippen LogP contribution is 2.25. The third-order valence-corrected chi connectivity index (χ3v) is 5.55. The molecular weight excluding hydrogens is 418 g/mol. The van der Waals surface area contributed by atoms with Crippen molar-refractivity contribution in [1.29, 1.82) is 0 Å². The Balaban J connectivity index is 1.42. The zero-order valence-corrected chi connectivity index (χ0v) is 17.4. The fraction of sp³-hybridized carbons (Fsp3) is 0.0870. The molecule has 0 fully saturated rings. The molecule has 0 bridgehead atoms. The molecule has 0 unspecified atom stereocenters. The van der Waals surface area contributed by atoms with E-state index in [1.165, 1.54) is 42.1 Å². The lowest BCUT2D eigenvalue weighted by atomic mass is 10.1. The first-order valence-corrected chi connectivity index (χ1v) is 10.4. The maximum Gasteiger partial charge on any atom is 0.255 e. The summed E-state index contributed by atoms with van der Waals surface area (Å²) in [6, 6.07) is 19.1. The summed E-state index contributed by atoms with van der Waals surface area (Å²) < 4.78 is 28.4. The fourth-order valence-electron chi connectivity index (χ4n) is 2.99. The minimum Gasteiger partial charge on any atom is -0.322 e. The Morgan fingerprint density at radius 3 is 2.42 bits per heavy atom. The molecule has 0 aliphatic rings. The standard InChI is InChI=1S/C23H18F2N4OS/c1-15-27-28-23(29(15)21-11-9-18(24)10-12-21)31-14-16-5-7-17(8-6-16)22(30)26-20-4-2-3-19(25)13-20/h2-13H,14H2,1H3,(H,26,30). The van der Waals surface area contributed by atoms with Gasteiger partial charge in [-0.05, 0) is 67.1 Å². The number of hydrogen-bond acceptors (Lipinski definition) is 4. The summed E-state index contributed by atoms with van der Waals surface area (Å²) in [5, 5.41) is 11.7. The predicted molar refractivity (Wildman–Crippen MR) is 116 cm³/mol. The van der Waals surface area contributed by atoms with E-state index in [4.69, 9.17) is 0 Å². The zero-order chi connectivity index (χ0) is 21.8. The zero-order valence-electron chi connectivity index (χ0n) is 16.5. The number of benzene rings is 3. The molecule has 0 saturated heterocycles. The molecule has 0 atom stereocenters. The van der Waals surface area contributed by atoms with E-state index >= 15 is 0 Å². The number of carbonyl (C=O) groups excluding carboxylic acids is 1. The number of aromatic nitrogens is 3. The van der Waals surface area contributed by atoms with Crippen molar-refractivity contribution in [3.05, 3.63) is 101 Å². The molecule has 0 aliphatic carbocycles. The second-order valence-corrected chi connectivity index (χ2v) is 7.73. The second-order valence-electron chi connectivity index (χ2n) is 6.79. The summed E-state index contributed by atoms with van der Waals surface area (Å²) in [4.78, 5) is 12.4. The van der Waals surface area contributed by atoms with Gasteiger partial charge in [0, 0.05) is 22.7 Å². The number of anilines is 1. The number of rotatable bonds is 6. The Kier molecular flexibility index (Phi) is 6.08. The van der Waals surface area contributed by atoms with Crippen LogP contribution in [0.3, 0.4) is 0 Å². The number of aryl methyl sites for hydroxylation is 1. The topological polar surface area (TPSA) is 59.8 Å². The first-order valence-electron chi connectivity index (χ1n) is 9.46. The van der Waals surface area contributed by atoms with E-state index in [1.54, 1.807) is 30.3 Å². The van der Waals surface area contributed by atoms with Crippen LogP contribution >= 0.6 is 11.8 Å². The quantitative estimate of drug-likeness (QED) is 0.411. The Morgan fingerprint density at radius 1 is 0.968 bits per heavy atom. The lowest BCUT2D eigenvalue weighted by molar-refractivity contribution is 0.102. The second kappa shape index (κ2) is 9.09. The van der Waals surface area contributed by atoms with Crippen LogP contribution in [0.4, 0.5) is 14.5 Å². The van der Waals surface area contributed by atoms with Crippen LogP contribution in [0.15, 0.2) is 78.0 Å². The van der Waals surface area contributed by atoms with Crippen LogP contribution in [0.5, 0.6) is 0 Å². The van der Waals surface area contributed by atoms with Crippen molar-refractivity contribution in [2.75, 3.05) is 5.32 Å². The third kappa shape index (κ3) is 4.97. The van der Waals surface area contributed by atoms with Crippen LogP contribution in [0.2, 0.25) is 0 Å². The summed E-state index contributed by atoms with van der Waals surface area (Å²) >= 11 is 1.49. The maximum absolute atomic E-state index is 13.3. The minimum atomic E-state index is -0.408. The van der Waals surface area contributed by atoms with E-state index in [0.717, 1.165) is 11.3 Å². The lowest BCUT2D eigenvalue weighted by Gasteiger charge is -2.09. The molecule has 1 N–H and O–H groups in total. The molecule has 1 heterocycles. The number of nitrogens with zero attached hydrogens (tertiary/aromatic N) is 3. The van der Waals surface area contributed by atoms with Crippen molar-refractivity contribution in [3.8, 4) is 5.69 Å². The fourth-order valence-corrected chi connectivity index (χ4v) is 3.95. The third-order valence-electron chi connectivity index (χ3n) is 4.55. The van der Waals surface area contributed by atoms with E-state index in [1.807, 2.05) is 23.6 Å². The highest BCUT2D eigenvalue weighted by atomic mass is 32.2.